The molecule has 0 spiro atoms. The minimum absolute atomic E-state index is 0.0187. The van der Waals surface area contributed by atoms with E-state index < -0.39 is 0 Å². The van der Waals surface area contributed by atoms with Gasteiger partial charge in [-0.3, -0.25) is 14.2 Å². The lowest BCUT2D eigenvalue weighted by Crippen LogP contribution is -2.37. The van der Waals surface area contributed by atoms with E-state index in [-0.39, 0.29) is 29.3 Å². The molecule has 2 aromatic rings. The number of thioether (sulfide) groups is 1. The predicted molar refractivity (Wildman–Crippen MR) is 99.6 cm³/mol. The van der Waals surface area contributed by atoms with E-state index in [0.717, 1.165) is 0 Å². The lowest BCUT2D eigenvalue weighted by molar-refractivity contribution is -0.119. The average Bonchev–Trinajstić information content (AvgIpc) is 2.52. The van der Waals surface area contributed by atoms with E-state index in [4.69, 9.17) is 0 Å². The van der Waals surface area contributed by atoms with Crippen molar-refractivity contribution in [2.45, 2.75) is 51.9 Å². The van der Waals surface area contributed by atoms with Crippen molar-refractivity contribution in [3.05, 3.63) is 34.6 Å². The van der Waals surface area contributed by atoms with Crippen molar-refractivity contribution >= 4 is 28.6 Å². The summed E-state index contributed by atoms with van der Waals surface area (Å²) in [6.45, 7) is 10.0. The van der Waals surface area contributed by atoms with Crippen LogP contribution in [-0.4, -0.2) is 27.3 Å². The van der Waals surface area contributed by atoms with Crippen LogP contribution in [0, 0.1) is 5.92 Å². The third kappa shape index (κ3) is 4.17. The Morgan fingerprint density at radius 2 is 1.88 bits per heavy atom. The van der Waals surface area contributed by atoms with Crippen LogP contribution in [0.4, 0.5) is 0 Å². The van der Waals surface area contributed by atoms with Crippen LogP contribution in [0.15, 0.2) is 34.2 Å². The minimum atomic E-state index is -0.0611. The molecule has 0 aliphatic carbocycles. The van der Waals surface area contributed by atoms with Gasteiger partial charge in [-0.2, -0.15) is 0 Å². The van der Waals surface area contributed by atoms with Crippen LogP contribution in [0.25, 0.3) is 10.9 Å². The summed E-state index contributed by atoms with van der Waals surface area (Å²) in [5.74, 6) is 0.583. The number of carbonyl (C=O) groups is 1. The minimum Gasteiger partial charge on any atom is -0.353 e. The molecular formula is C18H25N3O2S. The first-order valence-electron chi connectivity index (χ1n) is 8.24. The Hall–Kier alpha value is -1.82. The van der Waals surface area contributed by atoms with E-state index in [2.05, 4.69) is 24.1 Å². The Balaban J connectivity index is 2.26. The van der Waals surface area contributed by atoms with Crippen LogP contribution >= 0.6 is 11.8 Å². The second-order valence-corrected chi connectivity index (χ2v) is 7.51. The van der Waals surface area contributed by atoms with Gasteiger partial charge in [-0.25, -0.2) is 4.98 Å². The average molecular weight is 347 g/mol. The van der Waals surface area contributed by atoms with Gasteiger partial charge in [0.15, 0.2) is 5.16 Å². The Bertz CT molecular complexity index is 783. The summed E-state index contributed by atoms with van der Waals surface area (Å²) in [6, 6.07) is 7.41. The third-order valence-corrected chi connectivity index (χ3v) is 4.97. The summed E-state index contributed by atoms with van der Waals surface area (Å²) in [6.07, 6.45) is 0. The molecular weight excluding hydrogens is 322 g/mol. The quantitative estimate of drug-likeness (QED) is 0.644. The second kappa shape index (κ2) is 7.83. The van der Waals surface area contributed by atoms with Crippen molar-refractivity contribution in [2.24, 2.45) is 5.92 Å². The van der Waals surface area contributed by atoms with Gasteiger partial charge in [0.1, 0.15) is 0 Å². The number of nitrogens with zero attached hydrogens (tertiary/aromatic N) is 2. The largest absolute Gasteiger partial charge is 0.353 e. The molecule has 1 N–H and O–H groups in total. The zero-order valence-corrected chi connectivity index (χ0v) is 15.7. The Morgan fingerprint density at radius 1 is 1.21 bits per heavy atom. The molecule has 0 aliphatic heterocycles. The number of rotatable bonds is 6. The number of nitrogens with one attached hydrogen (secondary N) is 1. The molecule has 1 unspecified atom stereocenters. The van der Waals surface area contributed by atoms with Crippen LogP contribution < -0.4 is 10.9 Å². The van der Waals surface area contributed by atoms with Crippen LogP contribution in [0.3, 0.4) is 0 Å². The predicted octanol–water partition coefficient (Wildman–Crippen LogP) is 3.23. The molecule has 1 aromatic carbocycles. The highest BCUT2D eigenvalue weighted by atomic mass is 32.2. The number of hydrogen-bond acceptors (Lipinski definition) is 4. The van der Waals surface area contributed by atoms with Crippen LogP contribution in [0.1, 0.15) is 40.7 Å². The van der Waals surface area contributed by atoms with E-state index >= 15 is 0 Å². The molecule has 1 atom stereocenters. The molecule has 0 fully saturated rings. The number of amides is 1. The fraction of sp³-hybridized carbons (Fsp3) is 0.500. The topological polar surface area (TPSA) is 64.0 Å². The van der Waals surface area contributed by atoms with Gasteiger partial charge in [0, 0.05) is 12.1 Å². The summed E-state index contributed by atoms with van der Waals surface area (Å²) in [4.78, 5) is 29.4. The number of aromatic nitrogens is 2. The van der Waals surface area contributed by atoms with E-state index in [1.165, 1.54) is 11.8 Å². The van der Waals surface area contributed by atoms with Gasteiger partial charge in [-0.15, -0.1) is 0 Å². The Labute approximate surface area is 146 Å². The first kappa shape index (κ1) is 18.5. The molecule has 6 heteroatoms. The maximum absolute atomic E-state index is 12.7. The van der Waals surface area contributed by atoms with Crippen LogP contribution in [-0.2, 0) is 4.79 Å². The zero-order chi connectivity index (χ0) is 17.9. The molecule has 0 saturated carbocycles. The van der Waals surface area contributed by atoms with E-state index in [9.17, 15) is 9.59 Å². The number of carbonyl (C=O) groups excluding carboxylic acids is 1. The van der Waals surface area contributed by atoms with Crippen LogP contribution in [0.2, 0.25) is 0 Å². The third-order valence-electron chi connectivity index (χ3n) is 4.01. The van der Waals surface area contributed by atoms with Crippen LogP contribution in [0.5, 0.6) is 0 Å². The van der Waals surface area contributed by atoms with Crippen molar-refractivity contribution in [1.82, 2.24) is 14.9 Å². The van der Waals surface area contributed by atoms with Gasteiger partial charge in [-0.1, -0.05) is 37.7 Å². The number of benzene rings is 1. The number of hydrogen-bond donors (Lipinski definition) is 1. The smallest absolute Gasteiger partial charge is 0.262 e. The summed E-state index contributed by atoms with van der Waals surface area (Å²) in [7, 11) is 0. The number of fused-ring (bicyclic) bond motifs is 1. The molecule has 0 saturated heterocycles. The SMILES string of the molecule is CC(C)C(C)NC(=O)CSc1nc2ccccc2c(=O)n1C(C)C. The lowest BCUT2D eigenvalue weighted by Gasteiger charge is -2.18. The first-order valence-corrected chi connectivity index (χ1v) is 9.23. The Kier molecular flexibility index (Phi) is 6.04. The maximum Gasteiger partial charge on any atom is 0.262 e. The normalized spacial score (nSPS) is 12.8. The fourth-order valence-corrected chi connectivity index (χ4v) is 3.21. The van der Waals surface area contributed by atoms with Gasteiger partial charge in [-0.05, 0) is 38.8 Å². The molecule has 1 heterocycles. The molecule has 1 aromatic heterocycles. The van der Waals surface area contributed by atoms with Gasteiger partial charge in [0.2, 0.25) is 5.91 Å². The van der Waals surface area contributed by atoms with Crippen molar-refractivity contribution in [1.29, 1.82) is 0 Å². The van der Waals surface area contributed by atoms with Gasteiger partial charge in [0.25, 0.3) is 5.56 Å². The summed E-state index contributed by atoms with van der Waals surface area (Å²) < 4.78 is 1.66. The summed E-state index contributed by atoms with van der Waals surface area (Å²) >= 11 is 1.31. The molecule has 0 radical (unpaired) electrons. The van der Waals surface area contributed by atoms with Crippen molar-refractivity contribution in [2.75, 3.05) is 5.75 Å². The molecule has 1 amide bonds. The first-order chi connectivity index (χ1) is 11.3. The molecule has 0 aliphatic rings. The highest BCUT2D eigenvalue weighted by molar-refractivity contribution is 7.99. The van der Waals surface area contributed by atoms with Gasteiger partial charge in [0.05, 0.1) is 16.7 Å². The molecule has 130 valence electrons. The van der Waals surface area contributed by atoms with Gasteiger partial charge < -0.3 is 5.32 Å². The zero-order valence-electron chi connectivity index (χ0n) is 14.9. The van der Waals surface area contributed by atoms with E-state index in [1.54, 1.807) is 10.6 Å². The fourth-order valence-electron chi connectivity index (χ4n) is 2.28. The molecule has 5 nitrogen and oxygen atoms in total. The summed E-state index contributed by atoms with van der Waals surface area (Å²) in [5.41, 5.74) is 0.604. The Morgan fingerprint density at radius 3 is 2.50 bits per heavy atom. The van der Waals surface area contributed by atoms with Crippen molar-refractivity contribution < 1.29 is 4.79 Å². The molecule has 0 bridgehead atoms. The number of para-hydroxylation sites is 1. The molecule has 24 heavy (non-hydrogen) atoms. The second-order valence-electron chi connectivity index (χ2n) is 6.57. The lowest BCUT2D eigenvalue weighted by atomic mass is 10.1. The van der Waals surface area contributed by atoms with Gasteiger partial charge >= 0.3 is 0 Å². The highest BCUT2D eigenvalue weighted by Gasteiger charge is 2.16. The highest BCUT2D eigenvalue weighted by Crippen LogP contribution is 2.20. The monoisotopic (exact) mass is 347 g/mol. The van der Waals surface area contributed by atoms with Crippen molar-refractivity contribution in [3.63, 3.8) is 0 Å². The van der Waals surface area contributed by atoms with E-state index in [0.29, 0.717) is 22.0 Å². The molecule has 2 rings (SSSR count). The van der Waals surface area contributed by atoms with Crippen molar-refractivity contribution in [3.8, 4) is 0 Å². The summed E-state index contributed by atoms with van der Waals surface area (Å²) in [5, 5.41) is 4.16. The maximum atomic E-state index is 12.7. The standard InChI is InChI=1S/C18H25N3O2S/c1-11(2)13(5)19-16(22)10-24-18-20-15-9-7-6-8-14(15)17(23)21(18)12(3)4/h6-9,11-13H,10H2,1-5H3,(H,19,22). The van der Waals surface area contributed by atoms with E-state index in [1.807, 2.05) is 39.0 Å².